The molecule has 4 aromatic carbocycles. The average Bonchev–Trinajstić information content (AvgIpc) is 4.01. The van der Waals surface area contributed by atoms with Crippen LogP contribution in [0.2, 0.25) is 10.0 Å². The van der Waals surface area contributed by atoms with Gasteiger partial charge in [0.15, 0.2) is 5.75 Å². The summed E-state index contributed by atoms with van der Waals surface area (Å²) >= 11 is 11.7. The number of ether oxygens (including phenoxy) is 2. The van der Waals surface area contributed by atoms with Gasteiger partial charge in [0.1, 0.15) is 41.7 Å². The van der Waals surface area contributed by atoms with Crippen LogP contribution in [-0.4, -0.2) is 88.1 Å². The summed E-state index contributed by atoms with van der Waals surface area (Å²) in [5.74, 6) is 1.75. The smallest absolute Gasteiger partial charge is 0.311 e. The van der Waals surface area contributed by atoms with Crippen molar-refractivity contribution in [2.45, 2.75) is 25.7 Å². The van der Waals surface area contributed by atoms with E-state index < -0.39 is 16.6 Å². The number of nitrogens with one attached hydrogen (secondary N) is 2. The van der Waals surface area contributed by atoms with E-state index in [1.165, 1.54) is 68.4 Å². The summed E-state index contributed by atoms with van der Waals surface area (Å²) in [5, 5.41) is 19.2. The first kappa shape index (κ1) is 44.4. The quantitative estimate of drug-likeness (QED) is 0.0487. The molecule has 2 aliphatic carbocycles. The van der Waals surface area contributed by atoms with Crippen molar-refractivity contribution in [3.63, 3.8) is 0 Å². The van der Waals surface area contributed by atoms with Crippen LogP contribution in [-0.2, 0) is 17.1 Å². The average molecular weight is 942 g/mol. The van der Waals surface area contributed by atoms with Crippen molar-refractivity contribution in [2.75, 3.05) is 69.9 Å². The van der Waals surface area contributed by atoms with Crippen molar-refractivity contribution in [3.05, 3.63) is 105 Å². The van der Waals surface area contributed by atoms with E-state index in [9.17, 15) is 18.9 Å². The monoisotopic (exact) mass is 940 g/mol. The molecular weight excluding hydrogens is 897 g/mol. The number of nitrogens with zero attached hydrogens (tertiary/aromatic N) is 7. The summed E-state index contributed by atoms with van der Waals surface area (Å²) in [6.45, 7) is 5.58. The number of aromatic nitrogens is 4. The van der Waals surface area contributed by atoms with Crippen molar-refractivity contribution >= 4 is 79.4 Å². The van der Waals surface area contributed by atoms with Gasteiger partial charge in [-0.3, -0.25) is 10.1 Å². The molecule has 4 aliphatic rings. The summed E-state index contributed by atoms with van der Waals surface area (Å²) in [5.41, 5.74) is 9.76. The molecule has 0 amide bonds. The van der Waals surface area contributed by atoms with Crippen LogP contribution in [0.15, 0.2) is 73.3 Å². The Kier molecular flexibility index (Phi) is 12.5. The molecule has 2 aromatic heterocycles. The summed E-state index contributed by atoms with van der Waals surface area (Å²) in [4.78, 5) is 33.1. The van der Waals surface area contributed by atoms with Gasteiger partial charge in [-0.15, -0.1) is 0 Å². The number of hydrogen-bond acceptors (Lipinski definition) is 13. The standard InChI is InChI=1S/C22H21ClFN5O3.C22H23ClFN5O.Fe/c1-28-5-4-22(11-28)9-13(22)10-32-20-8-18-15(7-19(20)29(30)31)21(26-12-25-18)27-14-2-3-17(24)16(23)6-14;1-29-5-4-22(11-29)9-13(22)10-30-20-8-19-15(7-18(20)25)21(27-12-26-19)28-14-2-3-17(24)16(23)6-14;/h2-3,6-8,12-13H,4-5,9-11H2,1H3,(H,25,26,27);2-3,6-8,12-13H,4-5,9-11,25H2,1H3,(H,26,27,28);. The fourth-order valence-electron chi connectivity index (χ4n) is 9.11. The number of nitro groups is 1. The minimum Gasteiger partial charge on any atom is -0.491 e. The Balaban J connectivity index is 0.000000170. The van der Waals surface area contributed by atoms with E-state index in [2.05, 4.69) is 54.5 Å². The Morgan fingerprint density at radius 3 is 1.70 bits per heavy atom. The molecule has 2 spiro atoms. The predicted molar refractivity (Wildman–Crippen MR) is 236 cm³/mol. The molecule has 4 fully saturated rings. The number of anilines is 5. The van der Waals surface area contributed by atoms with E-state index in [1.807, 2.05) is 12.1 Å². The molecule has 4 atom stereocenters. The maximum atomic E-state index is 13.4. The molecule has 4 unspecified atom stereocenters. The van der Waals surface area contributed by atoms with Gasteiger partial charge in [0, 0.05) is 77.0 Å². The minimum atomic E-state index is -0.538. The van der Waals surface area contributed by atoms with E-state index in [4.69, 9.17) is 38.4 Å². The summed E-state index contributed by atoms with van der Waals surface area (Å²) < 4.78 is 38.9. The first-order valence-electron chi connectivity index (χ1n) is 20.3. The number of nitro benzene ring substituents is 1. The molecule has 10 rings (SSSR count). The van der Waals surface area contributed by atoms with Gasteiger partial charge in [-0.2, -0.15) is 0 Å². The van der Waals surface area contributed by atoms with Crippen LogP contribution < -0.4 is 25.8 Å². The number of halogens is 4. The largest absolute Gasteiger partial charge is 0.491 e. The third-order valence-corrected chi connectivity index (χ3v) is 13.4. The Morgan fingerprint density at radius 1 is 0.762 bits per heavy atom. The predicted octanol–water partition coefficient (Wildman–Crippen LogP) is 9.26. The number of likely N-dealkylation sites (tertiary alicyclic amines) is 2. The van der Waals surface area contributed by atoms with Crippen molar-refractivity contribution in [1.29, 1.82) is 0 Å². The van der Waals surface area contributed by atoms with Gasteiger partial charge in [-0.1, -0.05) is 23.2 Å². The molecular formula is C44H44Cl2F2FeN10O4. The first-order chi connectivity index (χ1) is 29.8. The molecule has 2 saturated carbocycles. The first-order valence-corrected chi connectivity index (χ1v) is 21.1. The maximum Gasteiger partial charge on any atom is 0.311 e. The zero-order valence-corrected chi connectivity index (χ0v) is 37.0. The van der Waals surface area contributed by atoms with Gasteiger partial charge >= 0.3 is 5.69 Å². The van der Waals surface area contributed by atoms with E-state index in [1.54, 1.807) is 12.1 Å². The van der Waals surface area contributed by atoms with Gasteiger partial charge in [0.05, 0.1) is 50.3 Å². The summed E-state index contributed by atoms with van der Waals surface area (Å²) in [6, 6.07) is 15.2. The fraction of sp³-hybridized carbons (Fsp3) is 0.364. The normalized spacial score (nSPS) is 22.4. The molecule has 0 bridgehead atoms. The topological polar surface area (TPSA) is 170 Å². The number of rotatable bonds is 11. The van der Waals surface area contributed by atoms with Gasteiger partial charge < -0.3 is 35.6 Å². The zero-order chi connectivity index (χ0) is 43.3. The van der Waals surface area contributed by atoms with E-state index in [0.29, 0.717) is 81.2 Å². The maximum absolute atomic E-state index is 13.4. The van der Waals surface area contributed by atoms with Crippen LogP contribution in [0.5, 0.6) is 11.5 Å². The molecule has 4 N–H and O–H groups in total. The molecule has 330 valence electrons. The van der Waals surface area contributed by atoms with Crippen molar-refractivity contribution < 1.29 is 40.2 Å². The third-order valence-electron chi connectivity index (χ3n) is 12.8. The number of nitrogens with two attached hydrogens (primary N) is 1. The SMILES string of the molecule is CN1CCC2(CC2COc2cc3ncnc(Nc4ccc(F)c(Cl)c4)c3cc2N)C1.CN1CCC2(CC2COc2cc3ncnc(Nc4ccc(F)c(Cl)c4)c3cc2[N+](=O)[O-])C1.[Fe]. The molecule has 0 radical (unpaired) electrons. The van der Waals surface area contributed by atoms with Gasteiger partial charge in [-0.05, 0) is 106 Å². The number of hydrogen-bond donors (Lipinski definition) is 3. The second-order valence-corrected chi connectivity index (χ2v) is 17.9. The van der Waals surface area contributed by atoms with E-state index in [0.717, 1.165) is 43.4 Å². The third kappa shape index (κ3) is 9.40. The van der Waals surface area contributed by atoms with Crippen LogP contribution >= 0.6 is 23.2 Å². The van der Waals surface area contributed by atoms with Crippen molar-refractivity contribution in [1.82, 2.24) is 29.7 Å². The number of benzene rings is 4. The van der Waals surface area contributed by atoms with Gasteiger partial charge in [0.25, 0.3) is 0 Å². The fourth-order valence-corrected chi connectivity index (χ4v) is 9.47. The number of fused-ring (bicyclic) bond motifs is 2. The van der Waals surface area contributed by atoms with E-state index in [-0.39, 0.29) is 38.6 Å². The van der Waals surface area contributed by atoms with Crippen LogP contribution in [0.25, 0.3) is 21.8 Å². The van der Waals surface area contributed by atoms with Crippen molar-refractivity contribution in [3.8, 4) is 11.5 Å². The van der Waals surface area contributed by atoms with Crippen LogP contribution in [0.1, 0.15) is 25.7 Å². The second kappa shape index (κ2) is 17.8. The molecule has 19 heteroatoms. The Hall–Kier alpha value is -5.16. The Bertz CT molecular complexity index is 2730. The molecule has 6 aromatic rings. The summed E-state index contributed by atoms with van der Waals surface area (Å²) in [7, 11) is 4.29. The van der Waals surface area contributed by atoms with E-state index >= 15 is 0 Å². The Labute approximate surface area is 382 Å². The zero-order valence-electron chi connectivity index (χ0n) is 34.4. The van der Waals surface area contributed by atoms with Crippen LogP contribution in [0, 0.1) is 44.4 Å². The summed E-state index contributed by atoms with van der Waals surface area (Å²) in [6.07, 6.45) is 7.54. The van der Waals surface area contributed by atoms with Crippen LogP contribution in [0.3, 0.4) is 0 Å². The van der Waals surface area contributed by atoms with Crippen molar-refractivity contribution in [2.24, 2.45) is 22.7 Å². The Morgan fingerprint density at radius 2 is 1.24 bits per heavy atom. The molecule has 2 saturated heterocycles. The minimum absolute atomic E-state index is 0. The number of nitrogen functional groups attached to an aromatic ring is 1. The molecule has 4 heterocycles. The van der Waals surface area contributed by atoms with Crippen LogP contribution in [0.4, 0.5) is 43.2 Å². The molecule has 14 nitrogen and oxygen atoms in total. The molecule has 63 heavy (non-hydrogen) atoms. The van der Waals surface area contributed by atoms with Gasteiger partial charge in [0.2, 0.25) is 0 Å². The van der Waals surface area contributed by atoms with Gasteiger partial charge in [-0.25, -0.2) is 28.7 Å². The second-order valence-electron chi connectivity index (χ2n) is 17.1. The molecule has 2 aliphatic heterocycles.